The van der Waals surface area contributed by atoms with Gasteiger partial charge >= 0.3 is 5.88 Å². The largest absolute Gasteiger partial charge is 0.433 e. The van der Waals surface area contributed by atoms with E-state index >= 15 is 0 Å². The van der Waals surface area contributed by atoms with Gasteiger partial charge in [-0.1, -0.05) is 23.7 Å². The molecular weight excluding hydrogens is 326 g/mol. The maximum absolute atomic E-state index is 12.2. The molecule has 0 aliphatic heterocycles. The number of amides is 2. The van der Waals surface area contributed by atoms with Crippen LogP contribution in [0.4, 0.5) is 5.88 Å². The zero-order valence-corrected chi connectivity index (χ0v) is 12.7. The van der Waals surface area contributed by atoms with E-state index in [1.165, 1.54) is 13.0 Å². The summed E-state index contributed by atoms with van der Waals surface area (Å²) >= 11 is 5.89. The summed E-state index contributed by atoms with van der Waals surface area (Å²) in [6.07, 6.45) is 0. The zero-order chi connectivity index (χ0) is 17.2. The van der Waals surface area contributed by atoms with Crippen molar-refractivity contribution in [2.75, 3.05) is 0 Å². The highest BCUT2D eigenvalue weighted by Gasteiger charge is 2.36. The summed E-state index contributed by atoms with van der Waals surface area (Å²) in [6, 6.07) is 8.42. The average Bonchev–Trinajstić information content (AvgIpc) is 2.97. The molecular formula is C14H12ClN3O5. The van der Waals surface area contributed by atoms with E-state index in [1.807, 2.05) is 0 Å². The number of nitrogens with one attached hydrogen (secondary N) is 1. The molecule has 23 heavy (non-hydrogen) atoms. The molecule has 2 rings (SSSR count). The smallest absolute Gasteiger partial charge is 0.395 e. The lowest BCUT2D eigenvalue weighted by Gasteiger charge is -2.27. The van der Waals surface area contributed by atoms with Crippen molar-refractivity contribution < 1.29 is 18.9 Å². The van der Waals surface area contributed by atoms with Crippen LogP contribution in [-0.4, -0.2) is 16.7 Å². The minimum Gasteiger partial charge on any atom is -0.395 e. The van der Waals surface area contributed by atoms with Crippen molar-refractivity contribution in [2.45, 2.75) is 12.5 Å². The van der Waals surface area contributed by atoms with Crippen LogP contribution in [0.1, 0.15) is 23.0 Å². The third-order valence-electron chi connectivity index (χ3n) is 3.25. The van der Waals surface area contributed by atoms with Crippen LogP contribution in [-0.2, 0) is 10.3 Å². The quantitative estimate of drug-likeness (QED) is 0.636. The summed E-state index contributed by atoms with van der Waals surface area (Å²) in [5, 5.41) is 13.4. The molecule has 0 saturated heterocycles. The van der Waals surface area contributed by atoms with E-state index in [2.05, 4.69) is 5.32 Å². The second-order valence-electron chi connectivity index (χ2n) is 4.85. The van der Waals surface area contributed by atoms with E-state index in [1.54, 1.807) is 18.2 Å². The Kier molecular flexibility index (Phi) is 4.37. The summed E-state index contributed by atoms with van der Waals surface area (Å²) in [5.41, 5.74) is 4.20. The fourth-order valence-corrected chi connectivity index (χ4v) is 2.10. The predicted octanol–water partition coefficient (Wildman–Crippen LogP) is 1.97. The highest BCUT2D eigenvalue weighted by Crippen LogP contribution is 2.25. The Bertz CT molecular complexity index is 788. The third kappa shape index (κ3) is 3.32. The Balaban J connectivity index is 2.33. The molecule has 1 heterocycles. The van der Waals surface area contributed by atoms with Crippen molar-refractivity contribution in [1.82, 2.24) is 5.32 Å². The number of carbonyl (C=O) groups is 2. The second kappa shape index (κ2) is 6.09. The molecule has 0 saturated carbocycles. The Morgan fingerprint density at radius 1 is 1.35 bits per heavy atom. The van der Waals surface area contributed by atoms with Gasteiger partial charge in [0.05, 0.1) is 6.07 Å². The Morgan fingerprint density at radius 3 is 2.57 bits per heavy atom. The summed E-state index contributed by atoms with van der Waals surface area (Å²) < 4.78 is 4.80. The standard InChI is InChI=1S/C14H12ClN3O5/c1-14(13(16)20,8-3-2-4-9(15)7-8)17-12(19)10-5-6-11(23-10)18(21)22/h2-7H,1H3,(H2,16,20)(H,17,19)/t14-/m0/s1. The molecule has 120 valence electrons. The molecule has 1 aromatic heterocycles. The molecule has 3 N–H and O–H groups in total. The summed E-state index contributed by atoms with van der Waals surface area (Å²) in [6.45, 7) is 1.40. The van der Waals surface area contributed by atoms with Crippen LogP contribution in [0.5, 0.6) is 0 Å². The van der Waals surface area contributed by atoms with Gasteiger partial charge in [0.2, 0.25) is 5.91 Å². The Labute approximate surface area is 135 Å². The van der Waals surface area contributed by atoms with Gasteiger partial charge in [-0.05, 0) is 30.7 Å². The van der Waals surface area contributed by atoms with Gasteiger partial charge < -0.3 is 15.5 Å². The first-order valence-electron chi connectivity index (χ1n) is 6.36. The Morgan fingerprint density at radius 2 is 2.04 bits per heavy atom. The highest BCUT2D eigenvalue weighted by molar-refractivity contribution is 6.30. The van der Waals surface area contributed by atoms with Crippen LogP contribution < -0.4 is 11.1 Å². The topological polar surface area (TPSA) is 128 Å². The second-order valence-corrected chi connectivity index (χ2v) is 5.29. The van der Waals surface area contributed by atoms with Crippen LogP contribution >= 0.6 is 11.6 Å². The van der Waals surface area contributed by atoms with Crippen molar-refractivity contribution in [1.29, 1.82) is 0 Å². The summed E-state index contributed by atoms with van der Waals surface area (Å²) in [7, 11) is 0. The molecule has 0 bridgehead atoms. The normalized spacial score (nSPS) is 13.1. The number of carbonyl (C=O) groups excluding carboxylic acids is 2. The first-order valence-corrected chi connectivity index (χ1v) is 6.74. The number of nitrogens with two attached hydrogens (primary N) is 1. The molecule has 0 aliphatic carbocycles. The summed E-state index contributed by atoms with van der Waals surface area (Å²) in [4.78, 5) is 33.8. The van der Waals surface area contributed by atoms with E-state index < -0.39 is 28.2 Å². The number of hydrogen-bond acceptors (Lipinski definition) is 5. The SMILES string of the molecule is C[C@@](NC(=O)c1ccc([N+](=O)[O-])o1)(C(N)=O)c1cccc(Cl)c1. The van der Waals surface area contributed by atoms with Gasteiger partial charge in [-0.3, -0.25) is 19.7 Å². The number of halogens is 1. The van der Waals surface area contributed by atoms with Crippen molar-refractivity contribution in [2.24, 2.45) is 5.73 Å². The van der Waals surface area contributed by atoms with Gasteiger partial charge in [-0.25, -0.2) is 0 Å². The molecule has 8 nitrogen and oxygen atoms in total. The number of nitrogens with zero attached hydrogens (tertiary/aromatic N) is 1. The molecule has 0 aliphatic rings. The highest BCUT2D eigenvalue weighted by atomic mass is 35.5. The van der Waals surface area contributed by atoms with Gasteiger partial charge in [0.15, 0.2) is 5.76 Å². The average molecular weight is 338 g/mol. The molecule has 0 unspecified atom stereocenters. The fourth-order valence-electron chi connectivity index (χ4n) is 1.91. The molecule has 0 fully saturated rings. The number of rotatable bonds is 5. The van der Waals surface area contributed by atoms with E-state index in [4.69, 9.17) is 21.8 Å². The van der Waals surface area contributed by atoms with Gasteiger partial charge in [0.1, 0.15) is 10.5 Å². The van der Waals surface area contributed by atoms with Gasteiger partial charge in [-0.15, -0.1) is 0 Å². The minimum absolute atomic E-state index is 0.314. The molecule has 1 aromatic carbocycles. The maximum Gasteiger partial charge on any atom is 0.433 e. The molecule has 0 spiro atoms. The van der Waals surface area contributed by atoms with Crippen molar-refractivity contribution in [3.8, 4) is 0 Å². The number of nitro groups is 1. The van der Waals surface area contributed by atoms with Crippen LogP contribution in [0, 0.1) is 10.1 Å². The minimum atomic E-state index is -1.57. The van der Waals surface area contributed by atoms with Gasteiger partial charge in [0.25, 0.3) is 5.91 Å². The van der Waals surface area contributed by atoms with Crippen LogP contribution in [0.15, 0.2) is 40.8 Å². The lowest BCUT2D eigenvalue weighted by molar-refractivity contribution is -0.402. The first kappa shape index (κ1) is 16.5. The van der Waals surface area contributed by atoms with Gasteiger partial charge in [0, 0.05) is 5.02 Å². The fraction of sp³-hybridized carbons (Fsp3) is 0.143. The number of furan rings is 1. The van der Waals surface area contributed by atoms with E-state index in [-0.39, 0.29) is 5.76 Å². The van der Waals surface area contributed by atoms with E-state index in [9.17, 15) is 19.7 Å². The molecule has 0 radical (unpaired) electrons. The van der Waals surface area contributed by atoms with Gasteiger partial charge in [-0.2, -0.15) is 0 Å². The van der Waals surface area contributed by atoms with Crippen molar-refractivity contribution in [3.63, 3.8) is 0 Å². The molecule has 9 heteroatoms. The Hall–Kier alpha value is -2.87. The van der Waals surface area contributed by atoms with Crippen LogP contribution in [0.2, 0.25) is 5.02 Å². The zero-order valence-electron chi connectivity index (χ0n) is 11.9. The van der Waals surface area contributed by atoms with Crippen LogP contribution in [0.25, 0.3) is 0 Å². The van der Waals surface area contributed by atoms with Crippen LogP contribution in [0.3, 0.4) is 0 Å². The molecule has 1 atom stereocenters. The predicted molar refractivity (Wildman–Crippen MR) is 80.8 cm³/mol. The van der Waals surface area contributed by atoms with Crippen molar-refractivity contribution >= 4 is 29.3 Å². The third-order valence-corrected chi connectivity index (χ3v) is 3.49. The van der Waals surface area contributed by atoms with E-state index in [0.717, 1.165) is 12.1 Å². The molecule has 2 aromatic rings. The number of hydrogen-bond donors (Lipinski definition) is 2. The van der Waals surface area contributed by atoms with E-state index in [0.29, 0.717) is 10.6 Å². The lowest BCUT2D eigenvalue weighted by Crippen LogP contribution is -2.52. The number of benzene rings is 1. The van der Waals surface area contributed by atoms with Crippen molar-refractivity contribution in [3.05, 3.63) is 62.9 Å². The number of primary amides is 1. The molecule has 2 amide bonds. The lowest BCUT2D eigenvalue weighted by atomic mass is 9.91. The monoisotopic (exact) mass is 337 g/mol. The maximum atomic E-state index is 12.2. The summed E-state index contributed by atoms with van der Waals surface area (Å²) in [5.74, 6) is -2.54. The first-order chi connectivity index (χ1) is 10.7.